The van der Waals surface area contributed by atoms with Gasteiger partial charge in [-0.2, -0.15) is 0 Å². The molecule has 0 saturated carbocycles. The second-order valence-corrected chi connectivity index (χ2v) is 6.62. The number of aliphatic hydroxyl groups is 1. The SMILES string of the molecule is CCCC(O)(c1ccc(C(C)(C)C)cc1)C(C)C(F)F. The van der Waals surface area contributed by atoms with Crippen molar-refractivity contribution < 1.29 is 13.9 Å². The van der Waals surface area contributed by atoms with Crippen LogP contribution in [-0.4, -0.2) is 11.5 Å². The fourth-order valence-corrected chi connectivity index (χ4v) is 2.48. The lowest BCUT2D eigenvalue weighted by Crippen LogP contribution is -2.37. The molecular formula is C17H26F2O. The lowest BCUT2D eigenvalue weighted by atomic mass is 9.77. The Bertz CT molecular complexity index is 420. The van der Waals surface area contributed by atoms with Gasteiger partial charge in [0, 0.05) is 0 Å². The van der Waals surface area contributed by atoms with Crippen LogP contribution in [0.4, 0.5) is 8.78 Å². The summed E-state index contributed by atoms with van der Waals surface area (Å²) in [5.74, 6) is -1.08. The van der Waals surface area contributed by atoms with E-state index in [0.29, 0.717) is 18.4 Å². The summed E-state index contributed by atoms with van der Waals surface area (Å²) in [5, 5.41) is 10.7. The zero-order valence-electron chi connectivity index (χ0n) is 13.1. The van der Waals surface area contributed by atoms with Crippen molar-refractivity contribution in [2.24, 2.45) is 5.92 Å². The number of rotatable bonds is 5. The Kier molecular flexibility index (Phi) is 5.31. The summed E-state index contributed by atoms with van der Waals surface area (Å²) in [6.45, 7) is 9.61. The van der Waals surface area contributed by atoms with Gasteiger partial charge in [0.25, 0.3) is 0 Å². The van der Waals surface area contributed by atoms with E-state index in [0.717, 1.165) is 5.56 Å². The molecular weight excluding hydrogens is 258 g/mol. The average molecular weight is 284 g/mol. The van der Waals surface area contributed by atoms with E-state index in [-0.39, 0.29) is 5.41 Å². The lowest BCUT2D eigenvalue weighted by molar-refractivity contribution is -0.0879. The van der Waals surface area contributed by atoms with Crippen molar-refractivity contribution >= 4 is 0 Å². The zero-order valence-corrected chi connectivity index (χ0v) is 13.1. The second kappa shape index (κ2) is 6.21. The quantitative estimate of drug-likeness (QED) is 0.817. The molecule has 2 atom stereocenters. The maximum Gasteiger partial charge on any atom is 0.244 e. The standard InChI is InChI=1S/C17H26F2O/c1-6-11-17(20,12(2)15(18)19)14-9-7-13(8-10-14)16(3,4)5/h7-10,12,15,20H,6,11H2,1-5H3. The van der Waals surface area contributed by atoms with Gasteiger partial charge in [0.1, 0.15) is 0 Å². The minimum Gasteiger partial charge on any atom is -0.385 e. The number of hydrogen-bond donors (Lipinski definition) is 1. The maximum absolute atomic E-state index is 13.0. The lowest BCUT2D eigenvalue weighted by Gasteiger charge is -2.34. The molecule has 0 heterocycles. The van der Waals surface area contributed by atoms with Crippen molar-refractivity contribution in [3.63, 3.8) is 0 Å². The summed E-state index contributed by atoms with van der Waals surface area (Å²) in [6, 6.07) is 7.42. The molecule has 0 spiro atoms. The summed E-state index contributed by atoms with van der Waals surface area (Å²) in [7, 11) is 0. The third-order valence-corrected chi connectivity index (χ3v) is 4.01. The van der Waals surface area contributed by atoms with Gasteiger partial charge in [0.05, 0.1) is 11.5 Å². The third-order valence-electron chi connectivity index (χ3n) is 4.01. The molecule has 2 unspecified atom stereocenters. The largest absolute Gasteiger partial charge is 0.385 e. The van der Waals surface area contributed by atoms with Crippen molar-refractivity contribution in [1.29, 1.82) is 0 Å². The van der Waals surface area contributed by atoms with Crippen LogP contribution in [0, 0.1) is 5.92 Å². The van der Waals surface area contributed by atoms with Gasteiger partial charge in [-0.15, -0.1) is 0 Å². The highest BCUT2D eigenvalue weighted by Gasteiger charge is 2.40. The van der Waals surface area contributed by atoms with Crippen molar-refractivity contribution in [2.45, 2.75) is 64.9 Å². The first-order valence-electron chi connectivity index (χ1n) is 7.24. The number of benzene rings is 1. The van der Waals surface area contributed by atoms with E-state index in [9.17, 15) is 13.9 Å². The Morgan fingerprint density at radius 1 is 1.05 bits per heavy atom. The maximum atomic E-state index is 13.0. The molecule has 0 amide bonds. The van der Waals surface area contributed by atoms with Gasteiger partial charge in [-0.3, -0.25) is 0 Å². The van der Waals surface area contributed by atoms with Crippen LogP contribution >= 0.6 is 0 Å². The van der Waals surface area contributed by atoms with Crippen LogP contribution in [-0.2, 0) is 11.0 Å². The van der Waals surface area contributed by atoms with E-state index in [2.05, 4.69) is 20.8 Å². The van der Waals surface area contributed by atoms with Gasteiger partial charge in [-0.05, 0) is 23.0 Å². The Hall–Kier alpha value is -0.960. The van der Waals surface area contributed by atoms with Gasteiger partial charge in [0.15, 0.2) is 0 Å². The van der Waals surface area contributed by atoms with Gasteiger partial charge >= 0.3 is 0 Å². The predicted octanol–water partition coefficient (Wildman–Crippen LogP) is 4.87. The van der Waals surface area contributed by atoms with Crippen LogP contribution < -0.4 is 0 Å². The monoisotopic (exact) mass is 284 g/mol. The van der Waals surface area contributed by atoms with E-state index in [1.54, 1.807) is 12.1 Å². The minimum atomic E-state index is -2.53. The first-order chi connectivity index (χ1) is 9.13. The predicted molar refractivity (Wildman–Crippen MR) is 79.1 cm³/mol. The normalized spacial score (nSPS) is 17.1. The summed E-state index contributed by atoms with van der Waals surface area (Å²) in [6.07, 6.45) is -1.53. The number of halogens is 2. The fourth-order valence-electron chi connectivity index (χ4n) is 2.48. The molecule has 1 N–H and O–H groups in total. The van der Waals surface area contributed by atoms with E-state index in [1.807, 2.05) is 19.1 Å². The molecule has 3 heteroatoms. The molecule has 0 radical (unpaired) electrons. The minimum absolute atomic E-state index is 0.00966. The third kappa shape index (κ3) is 3.57. The molecule has 1 nitrogen and oxygen atoms in total. The molecule has 1 aromatic carbocycles. The van der Waals surface area contributed by atoms with E-state index >= 15 is 0 Å². The molecule has 0 aliphatic carbocycles. The summed E-state index contributed by atoms with van der Waals surface area (Å²) < 4.78 is 26.1. The van der Waals surface area contributed by atoms with E-state index in [1.165, 1.54) is 6.92 Å². The van der Waals surface area contributed by atoms with Crippen LogP contribution in [0.25, 0.3) is 0 Å². The Balaban J connectivity index is 3.16. The Morgan fingerprint density at radius 3 is 1.85 bits per heavy atom. The van der Waals surface area contributed by atoms with Crippen LogP contribution in [0.1, 0.15) is 58.6 Å². The molecule has 0 fully saturated rings. The van der Waals surface area contributed by atoms with Crippen molar-refractivity contribution in [3.8, 4) is 0 Å². The molecule has 0 aromatic heterocycles. The van der Waals surface area contributed by atoms with Crippen LogP contribution in [0.15, 0.2) is 24.3 Å². The van der Waals surface area contributed by atoms with Gasteiger partial charge in [0.2, 0.25) is 6.43 Å². The Labute approximate surface area is 121 Å². The highest BCUT2D eigenvalue weighted by molar-refractivity contribution is 5.31. The molecule has 0 saturated heterocycles. The Morgan fingerprint density at radius 2 is 1.50 bits per heavy atom. The summed E-state index contributed by atoms with van der Waals surface area (Å²) in [5.41, 5.74) is 0.264. The van der Waals surface area contributed by atoms with Crippen LogP contribution in [0.5, 0.6) is 0 Å². The van der Waals surface area contributed by atoms with Gasteiger partial charge in [-0.1, -0.05) is 65.3 Å². The highest BCUT2D eigenvalue weighted by Crippen LogP contribution is 2.38. The highest BCUT2D eigenvalue weighted by atomic mass is 19.3. The molecule has 114 valence electrons. The molecule has 20 heavy (non-hydrogen) atoms. The summed E-state index contributed by atoms with van der Waals surface area (Å²) >= 11 is 0. The van der Waals surface area contributed by atoms with Crippen molar-refractivity contribution in [2.75, 3.05) is 0 Å². The molecule has 1 rings (SSSR count). The molecule has 0 aliphatic rings. The van der Waals surface area contributed by atoms with Gasteiger partial charge < -0.3 is 5.11 Å². The molecule has 0 bridgehead atoms. The van der Waals surface area contributed by atoms with Crippen LogP contribution in [0.2, 0.25) is 0 Å². The topological polar surface area (TPSA) is 20.2 Å². The second-order valence-electron chi connectivity index (χ2n) is 6.62. The van der Waals surface area contributed by atoms with Crippen molar-refractivity contribution in [1.82, 2.24) is 0 Å². The first kappa shape index (κ1) is 17.1. The van der Waals surface area contributed by atoms with Crippen molar-refractivity contribution in [3.05, 3.63) is 35.4 Å². The van der Waals surface area contributed by atoms with E-state index in [4.69, 9.17) is 0 Å². The smallest absolute Gasteiger partial charge is 0.244 e. The van der Waals surface area contributed by atoms with Gasteiger partial charge in [-0.25, -0.2) is 8.78 Å². The summed E-state index contributed by atoms with van der Waals surface area (Å²) in [4.78, 5) is 0. The zero-order chi connectivity index (χ0) is 15.6. The number of hydrogen-bond acceptors (Lipinski definition) is 1. The number of alkyl halides is 2. The van der Waals surface area contributed by atoms with Crippen LogP contribution in [0.3, 0.4) is 0 Å². The first-order valence-corrected chi connectivity index (χ1v) is 7.24. The molecule has 0 aliphatic heterocycles. The fraction of sp³-hybridized carbons (Fsp3) is 0.647. The average Bonchev–Trinajstić information content (AvgIpc) is 2.37. The van der Waals surface area contributed by atoms with E-state index < -0.39 is 17.9 Å². The molecule has 1 aromatic rings.